The van der Waals surface area contributed by atoms with E-state index < -0.39 is 0 Å². The van der Waals surface area contributed by atoms with Gasteiger partial charge in [0.25, 0.3) is 5.91 Å². The van der Waals surface area contributed by atoms with Gasteiger partial charge in [0.1, 0.15) is 5.75 Å². The number of methoxy groups -OCH3 is 2. The van der Waals surface area contributed by atoms with Gasteiger partial charge in [0.2, 0.25) is 0 Å². The van der Waals surface area contributed by atoms with Crippen LogP contribution in [0.2, 0.25) is 0 Å². The van der Waals surface area contributed by atoms with Gasteiger partial charge < -0.3 is 14.8 Å². The number of carbonyl (C=O) groups is 2. The first-order valence-corrected chi connectivity index (χ1v) is 7.08. The molecule has 0 radical (unpaired) electrons. The molecule has 0 atom stereocenters. The Labute approximate surface area is 125 Å². The highest BCUT2D eigenvalue weighted by Gasteiger charge is 2.08. The summed E-state index contributed by atoms with van der Waals surface area (Å²) in [5.41, 5.74) is 1.59. The smallest absolute Gasteiger partial charge is 0.305 e. The van der Waals surface area contributed by atoms with Crippen LogP contribution in [0.4, 0.5) is 0 Å². The highest BCUT2D eigenvalue weighted by atomic mass is 16.5. The van der Waals surface area contributed by atoms with Crippen LogP contribution in [0.1, 0.15) is 41.6 Å². The number of unbranched alkanes of at least 4 members (excludes halogenated alkanes) is 2. The van der Waals surface area contributed by atoms with Crippen LogP contribution in [-0.2, 0) is 9.53 Å². The fourth-order valence-electron chi connectivity index (χ4n) is 1.94. The predicted octanol–water partition coefficient (Wildman–Crippen LogP) is 2.47. The van der Waals surface area contributed by atoms with E-state index in [4.69, 9.17) is 4.74 Å². The monoisotopic (exact) mass is 293 g/mol. The van der Waals surface area contributed by atoms with Crippen LogP contribution in [0.25, 0.3) is 0 Å². The molecule has 1 amide bonds. The van der Waals surface area contributed by atoms with Gasteiger partial charge in [-0.15, -0.1) is 0 Å². The zero-order valence-electron chi connectivity index (χ0n) is 12.9. The third kappa shape index (κ3) is 5.85. The van der Waals surface area contributed by atoms with Gasteiger partial charge in [0.15, 0.2) is 0 Å². The van der Waals surface area contributed by atoms with Crippen molar-refractivity contribution >= 4 is 11.9 Å². The minimum atomic E-state index is -0.189. The molecule has 21 heavy (non-hydrogen) atoms. The van der Waals surface area contributed by atoms with Gasteiger partial charge in [-0.3, -0.25) is 9.59 Å². The molecule has 0 bridgehead atoms. The molecular weight excluding hydrogens is 270 g/mol. The second-order valence-corrected chi connectivity index (χ2v) is 4.83. The van der Waals surface area contributed by atoms with Gasteiger partial charge in [-0.25, -0.2) is 0 Å². The summed E-state index contributed by atoms with van der Waals surface area (Å²) in [6.45, 7) is 2.53. The van der Waals surface area contributed by atoms with Crippen molar-refractivity contribution in [2.45, 2.75) is 32.6 Å². The molecule has 116 valence electrons. The minimum absolute atomic E-state index is 0.110. The molecule has 0 fully saturated rings. The van der Waals surface area contributed by atoms with Crippen molar-refractivity contribution in [3.63, 3.8) is 0 Å². The Morgan fingerprint density at radius 3 is 2.57 bits per heavy atom. The number of esters is 1. The Kier molecular flexibility index (Phi) is 7.29. The third-order valence-corrected chi connectivity index (χ3v) is 3.24. The van der Waals surface area contributed by atoms with E-state index in [0.717, 1.165) is 24.8 Å². The standard InChI is InChI=1S/C16H23NO4/c1-12-8-9-13(11-14(12)20-2)16(19)17-10-6-4-5-7-15(18)21-3/h8-9,11H,4-7,10H2,1-3H3,(H,17,19). The predicted molar refractivity (Wildman–Crippen MR) is 80.5 cm³/mol. The number of carbonyl (C=O) groups excluding carboxylic acids is 2. The molecule has 0 aliphatic carbocycles. The number of benzene rings is 1. The maximum absolute atomic E-state index is 12.0. The first-order chi connectivity index (χ1) is 10.1. The average molecular weight is 293 g/mol. The fraction of sp³-hybridized carbons (Fsp3) is 0.500. The summed E-state index contributed by atoms with van der Waals surface area (Å²) in [6.07, 6.45) is 2.93. The van der Waals surface area contributed by atoms with Crippen LogP contribution in [0.5, 0.6) is 5.75 Å². The average Bonchev–Trinajstić information content (AvgIpc) is 2.50. The first-order valence-electron chi connectivity index (χ1n) is 7.08. The molecule has 0 spiro atoms. The molecule has 0 heterocycles. The number of rotatable bonds is 8. The largest absolute Gasteiger partial charge is 0.496 e. The molecule has 0 saturated heterocycles. The molecule has 0 aromatic heterocycles. The Morgan fingerprint density at radius 2 is 1.90 bits per heavy atom. The Bertz CT molecular complexity index is 485. The van der Waals surface area contributed by atoms with E-state index in [1.54, 1.807) is 19.2 Å². The lowest BCUT2D eigenvalue weighted by molar-refractivity contribution is -0.140. The Morgan fingerprint density at radius 1 is 1.14 bits per heavy atom. The number of aryl methyl sites for hydroxylation is 1. The summed E-state index contributed by atoms with van der Waals surface area (Å²) in [5.74, 6) is 0.410. The second kappa shape index (κ2) is 9.00. The SMILES string of the molecule is COC(=O)CCCCCNC(=O)c1ccc(C)c(OC)c1. The van der Waals surface area contributed by atoms with E-state index in [1.807, 2.05) is 13.0 Å². The number of nitrogens with one attached hydrogen (secondary N) is 1. The molecule has 1 aromatic rings. The number of hydrogen-bond acceptors (Lipinski definition) is 4. The van der Waals surface area contributed by atoms with Crippen molar-refractivity contribution in [2.75, 3.05) is 20.8 Å². The van der Waals surface area contributed by atoms with E-state index >= 15 is 0 Å². The molecular formula is C16H23NO4. The highest BCUT2D eigenvalue weighted by molar-refractivity contribution is 5.94. The van der Waals surface area contributed by atoms with Crippen LogP contribution in [-0.4, -0.2) is 32.6 Å². The number of hydrogen-bond donors (Lipinski definition) is 1. The number of ether oxygens (including phenoxy) is 2. The van der Waals surface area contributed by atoms with Crippen molar-refractivity contribution in [1.29, 1.82) is 0 Å². The van der Waals surface area contributed by atoms with Crippen molar-refractivity contribution in [2.24, 2.45) is 0 Å². The van der Waals surface area contributed by atoms with Crippen LogP contribution in [0, 0.1) is 6.92 Å². The normalized spacial score (nSPS) is 10.0. The molecule has 0 aliphatic heterocycles. The lowest BCUT2D eigenvalue weighted by Crippen LogP contribution is -2.24. The Hall–Kier alpha value is -2.04. The van der Waals surface area contributed by atoms with Crippen LogP contribution >= 0.6 is 0 Å². The van der Waals surface area contributed by atoms with E-state index in [0.29, 0.717) is 24.3 Å². The van der Waals surface area contributed by atoms with Gasteiger partial charge in [-0.2, -0.15) is 0 Å². The van der Waals surface area contributed by atoms with Gasteiger partial charge in [0, 0.05) is 18.5 Å². The van der Waals surface area contributed by atoms with Crippen molar-refractivity contribution in [3.05, 3.63) is 29.3 Å². The molecule has 0 unspecified atom stereocenters. The van der Waals surface area contributed by atoms with Gasteiger partial charge in [0.05, 0.1) is 14.2 Å². The van der Waals surface area contributed by atoms with E-state index in [-0.39, 0.29) is 11.9 Å². The molecule has 0 saturated carbocycles. The van der Waals surface area contributed by atoms with Crippen LogP contribution in [0.15, 0.2) is 18.2 Å². The van der Waals surface area contributed by atoms with Crippen LogP contribution < -0.4 is 10.1 Å². The lowest BCUT2D eigenvalue weighted by Gasteiger charge is -2.08. The first kappa shape index (κ1) is 17.0. The summed E-state index contributed by atoms with van der Waals surface area (Å²) in [6, 6.07) is 5.39. The van der Waals surface area contributed by atoms with Gasteiger partial charge >= 0.3 is 5.97 Å². The molecule has 5 heteroatoms. The lowest BCUT2D eigenvalue weighted by atomic mass is 10.1. The summed E-state index contributed by atoms with van der Waals surface area (Å²) < 4.78 is 9.77. The summed E-state index contributed by atoms with van der Waals surface area (Å²) >= 11 is 0. The summed E-state index contributed by atoms with van der Waals surface area (Å²) in [4.78, 5) is 22.9. The summed E-state index contributed by atoms with van der Waals surface area (Å²) in [7, 11) is 2.98. The van der Waals surface area contributed by atoms with E-state index in [2.05, 4.69) is 10.1 Å². The minimum Gasteiger partial charge on any atom is -0.496 e. The second-order valence-electron chi connectivity index (χ2n) is 4.83. The van der Waals surface area contributed by atoms with Gasteiger partial charge in [-0.1, -0.05) is 12.5 Å². The quantitative estimate of drug-likeness (QED) is 0.590. The Balaban J connectivity index is 2.29. The van der Waals surface area contributed by atoms with E-state index in [9.17, 15) is 9.59 Å². The topological polar surface area (TPSA) is 64.6 Å². The fourth-order valence-corrected chi connectivity index (χ4v) is 1.94. The number of amides is 1. The molecule has 1 rings (SSSR count). The van der Waals surface area contributed by atoms with Crippen LogP contribution in [0.3, 0.4) is 0 Å². The highest BCUT2D eigenvalue weighted by Crippen LogP contribution is 2.18. The maximum atomic E-state index is 12.0. The molecule has 5 nitrogen and oxygen atoms in total. The summed E-state index contributed by atoms with van der Waals surface area (Å²) in [5, 5.41) is 2.86. The van der Waals surface area contributed by atoms with Crippen molar-refractivity contribution in [1.82, 2.24) is 5.32 Å². The van der Waals surface area contributed by atoms with E-state index in [1.165, 1.54) is 7.11 Å². The third-order valence-electron chi connectivity index (χ3n) is 3.24. The van der Waals surface area contributed by atoms with Crippen molar-refractivity contribution in [3.8, 4) is 5.75 Å². The molecule has 1 aromatic carbocycles. The van der Waals surface area contributed by atoms with Gasteiger partial charge in [-0.05, 0) is 37.5 Å². The molecule has 0 aliphatic rings. The maximum Gasteiger partial charge on any atom is 0.305 e. The van der Waals surface area contributed by atoms with Crippen molar-refractivity contribution < 1.29 is 19.1 Å². The molecule has 1 N–H and O–H groups in total. The zero-order valence-corrected chi connectivity index (χ0v) is 12.9. The zero-order chi connectivity index (χ0) is 15.7.